The smallest absolute Gasteiger partial charge is 0.0725 e. The second-order valence-corrected chi connectivity index (χ2v) is 15.9. The topological polar surface area (TPSA) is 3.24 Å². The van der Waals surface area contributed by atoms with Crippen molar-refractivity contribution in [3.05, 3.63) is 215 Å². The molecular formula is C52H41N. The molecule has 1 spiro atoms. The Morgan fingerprint density at radius 1 is 0.547 bits per heavy atom. The molecule has 0 saturated heterocycles. The zero-order chi connectivity index (χ0) is 35.3. The van der Waals surface area contributed by atoms with Crippen LogP contribution in [-0.2, 0) is 10.8 Å². The maximum Gasteiger partial charge on any atom is 0.0725 e. The van der Waals surface area contributed by atoms with E-state index in [9.17, 15) is 0 Å². The standard InChI is InChI=1S/C52H41N/c1-51(2)46-25-12-13-26-49(46)53(38-18-14-17-35(31-38)34-15-4-3-5-16-34)50-30-28-37(33-48(50)51)36-27-29-42-41-21-8-11-24-45(41)52(47(42)32-36)43-22-9-6-19-39(43)40-20-7-10-23-44(40)52/h3-13,15,17,19-34H,14,16,18H2,1-2H3. The van der Waals surface area contributed by atoms with Crippen molar-refractivity contribution in [1.82, 2.24) is 0 Å². The first kappa shape index (κ1) is 30.7. The summed E-state index contributed by atoms with van der Waals surface area (Å²) in [5.74, 6) is 0.446. The predicted octanol–water partition coefficient (Wildman–Crippen LogP) is 13.2. The van der Waals surface area contributed by atoms with Crippen molar-refractivity contribution in [3.8, 4) is 33.4 Å². The highest BCUT2D eigenvalue weighted by Gasteiger charge is 2.51. The van der Waals surface area contributed by atoms with Gasteiger partial charge in [-0.1, -0.05) is 153 Å². The lowest BCUT2D eigenvalue weighted by molar-refractivity contribution is 0.627. The highest BCUT2D eigenvalue weighted by molar-refractivity contribution is 5.96. The molecule has 0 aromatic heterocycles. The van der Waals surface area contributed by atoms with Gasteiger partial charge in [-0.05, 0) is 122 Å². The van der Waals surface area contributed by atoms with Gasteiger partial charge >= 0.3 is 0 Å². The van der Waals surface area contributed by atoms with Crippen LogP contribution in [0.15, 0.2) is 181 Å². The maximum absolute atomic E-state index is 2.58. The fraction of sp³-hybridized carbons (Fsp3) is 0.154. The largest absolute Gasteiger partial charge is 0.314 e. The summed E-state index contributed by atoms with van der Waals surface area (Å²) in [4.78, 5) is 2.58. The lowest BCUT2D eigenvalue weighted by Crippen LogP contribution is -2.33. The zero-order valence-electron chi connectivity index (χ0n) is 30.3. The van der Waals surface area contributed by atoms with E-state index < -0.39 is 0 Å². The van der Waals surface area contributed by atoms with Gasteiger partial charge in [-0.3, -0.25) is 0 Å². The minimum absolute atomic E-state index is 0.166. The number of fused-ring (bicyclic) bond motifs is 12. The van der Waals surface area contributed by atoms with Crippen molar-refractivity contribution in [2.45, 2.75) is 43.9 Å². The summed E-state index contributed by atoms with van der Waals surface area (Å²) in [5.41, 5.74) is 21.1. The van der Waals surface area contributed by atoms with E-state index in [2.05, 4.69) is 189 Å². The van der Waals surface area contributed by atoms with Crippen molar-refractivity contribution >= 4 is 11.4 Å². The summed E-state index contributed by atoms with van der Waals surface area (Å²) in [6.07, 6.45) is 17.1. The Hall–Kier alpha value is -5.92. The summed E-state index contributed by atoms with van der Waals surface area (Å²) < 4.78 is 0. The van der Waals surface area contributed by atoms with Crippen LogP contribution in [-0.4, -0.2) is 0 Å². The molecule has 0 radical (unpaired) electrons. The van der Waals surface area contributed by atoms with E-state index >= 15 is 0 Å². The van der Waals surface area contributed by atoms with Crippen LogP contribution in [0.1, 0.15) is 66.5 Å². The second-order valence-electron chi connectivity index (χ2n) is 15.9. The molecule has 5 aliphatic rings. The Balaban J connectivity index is 1.09. The Morgan fingerprint density at radius 2 is 1.11 bits per heavy atom. The molecule has 1 unspecified atom stereocenters. The first-order valence-corrected chi connectivity index (χ1v) is 19.3. The SMILES string of the molecule is CC1(C)c2ccccc2N(C2=CC(C3C=CC=CC3)=CCC2)c2ccc(-c3ccc4c(c3)C3(c5ccccc5-c5ccccc53)c3ccccc3-4)cc21. The zero-order valence-corrected chi connectivity index (χ0v) is 30.3. The Bertz CT molecular complexity index is 2580. The molecule has 53 heavy (non-hydrogen) atoms. The number of nitrogens with zero attached hydrogens (tertiary/aromatic N) is 1. The van der Waals surface area contributed by atoms with Gasteiger partial charge < -0.3 is 4.90 Å². The number of rotatable bonds is 3. The number of para-hydroxylation sites is 1. The van der Waals surface area contributed by atoms with Crippen molar-refractivity contribution in [2.75, 3.05) is 4.90 Å². The van der Waals surface area contributed by atoms with Gasteiger partial charge in [0.1, 0.15) is 0 Å². The Labute approximate surface area is 313 Å². The third-order valence-electron chi connectivity index (χ3n) is 12.9. The fourth-order valence-corrected chi connectivity index (χ4v) is 10.4. The summed E-state index contributed by atoms with van der Waals surface area (Å²) in [7, 11) is 0. The first-order chi connectivity index (χ1) is 26.0. The number of benzene rings is 6. The lowest BCUT2D eigenvalue weighted by atomic mass is 9.70. The van der Waals surface area contributed by atoms with Crippen LogP contribution in [0.4, 0.5) is 11.4 Å². The highest BCUT2D eigenvalue weighted by atomic mass is 15.2. The van der Waals surface area contributed by atoms with Crippen molar-refractivity contribution in [1.29, 1.82) is 0 Å². The number of hydrogen-bond acceptors (Lipinski definition) is 1. The molecule has 0 N–H and O–H groups in total. The third-order valence-corrected chi connectivity index (χ3v) is 12.9. The number of anilines is 2. The van der Waals surface area contributed by atoms with Gasteiger partial charge in [-0.15, -0.1) is 0 Å². The number of hydrogen-bond donors (Lipinski definition) is 0. The summed E-state index contributed by atoms with van der Waals surface area (Å²) in [6, 6.07) is 50.9. The highest BCUT2D eigenvalue weighted by Crippen LogP contribution is 2.63. The van der Waals surface area contributed by atoms with Gasteiger partial charge in [0.15, 0.2) is 0 Å². The Morgan fingerprint density at radius 3 is 1.77 bits per heavy atom. The van der Waals surface area contributed by atoms with Gasteiger partial charge in [-0.2, -0.15) is 0 Å². The molecule has 0 bridgehead atoms. The summed E-state index contributed by atoms with van der Waals surface area (Å²) >= 11 is 0. The Kier molecular flexibility index (Phi) is 6.54. The van der Waals surface area contributed by atoms with E-state index in [0.717, 1.165) is 19.3 Å². The van der Waals surface area contributed by atoms with E-state index in [4.69, 9.17) is 0 Å². The van der Waals surface area contributed by atoms with Crippen LogP contribution in [0, 0.1) is 5.92 Å². The minimum atomic E-state index is -0.347. The van der Waals surface area contributed by atoms with E-state index in [1.807, 2.05) is 0 Å². The normalized spacial score (nSPS) is 19.1. The summed E-state index contributed by atoms with van der Waals surface area (Å²) in [5, 5.41) is 0. The monoisotopic (exact) mass is 679 g/mol. The molecular weight excluding hydrogens is 639 g/mol. The van der Waals surface area contributed by atoms with Crippen LogP contribution in [0.5, 0.6) is 0 Å². The van der Waals surface area contributed by atoms with E-state index in [1.165, 1.54) is 89.4 Å². The van der Waals surface area contributed by atoms with E-state index in [-0.39, 0.29) is 10.8 Å². The quantitative estimate of drug-likeness (QED) is 0.180. The molecule has 1 atom stereocenters. The molecule has 11 rings (SSSR count). The van der Waals surface area contributed by atoms with Crippen LogP contribution >= 0.6 is 0 Å². The van der Waals surface area contributed by atoms with Crippen LogP contribution < -0.4 is 4.90 Å². The second kappa shape index (κ2) is 11.3. The molecule has 1 heterocycles. The fourth-order valence-electron chi connectivity index (χ4n) is 10.4. The maximum atomic E-state index is 2.58. The molecule has 1 aliphatic heterocycles. The van der Waals surface area contributed by atoms with Crippen LogP contribution in [0.3, 0.4) is 0 Å². The molecule has 6 aromatic rings. The van der Waals surface area contributed by atoms with E-state index in [0.29, 0.717) is 5.92 Å². The third kappa shape index (κ3) is 4.20. The molecule has 0 fully saturated rings. The first-order valence-electron chi connectivity index (χ1n) is 19.3. The average molecular weight is 680 g/mol. The molecule has 1 heteroatoms. The lowest BCUT2D eigenvalue weighted by Gasteiger charge is -2.43. The van der Waals surface area contributed by atoms with Crippen molar-refractivity contribution in [3.63, 3.8) is 0 Å². The molecule has 254 valence electrons. The van der Waals surface area contributed by atoms with Gasteiger partial charge in [-0.25, -0.2) is 0 Å². The number of allylic oxidation sites excluding steroid dienone is 8. The van der Waals surface area contributed by atoms with Crippen molar-refractivity contribution < 1.29 is 0 Å². The average Bonchev–Trinajstić information content (AvgIpc) is 3.68. The molecule has 0 saturated carbocycles. The van der Waals surface area contributed by atoms with Gasteiger partial charge in [0.25, 0.3) is 0 Å². The minimum Gasteiger partial charge on any atom is -0.314 e. The molecule has 4 aliphatic carbocycles. The van der Waals surface area contributed by atoms with E-state index in [1.54, 1.807) is 0 Å². The van der Waals surface area contributed by atoms with Gasteiger partial charge in [0.05, 0.1) is 5.41 Å². The molecule has 1 nitrogen and oxygen atoms in total. The van der Waals surface area contributed by atoms with Crippen molar-refractivity contribution in [2.24, 2.45) is 5.92 Å². The summed E-state index contributed by atoms with van der Waals surface area (Å²) in [6.45, 7) is 4.82. The van der Waals surface area contributed by atoms with Crippen LogP contribution in [0.2, 0.25) is 0 Å². The predicted molar refractivity (Wildman–Crippen MR) is 221 cm³/mol. The van der Waals surface area contributed by atoms with Gasteiger partial charge in [0, 0.05) is 28.4 Å². The van der Waals surface area contributed by atoms with Gasteiger partial charge in [0.2, 0.25) is 0 Å². The molecule has 6 aromatic carbocycles. The van der Waals surface area contributed by atoms with Crippen LogP contribution in [0.25, 0.3) is 33.4 Å². The molecule has 0 amide bonds.